The second-order valence-corrected chi connectivity index (χ2v) is 7.16. The number of methoxy groups -OCH3 is 1. The van der Waals surface area contributed by atoms with Gasteiger partial charge >= 0.3 is 6.03 Å². The van der Waals surface area contributed by atoms with Crippen molar-refractivity contribution >= 4 is 17.7 Å². The lowest BCUT2D eigenvalue weighted by Gasteiger charge is -2.22. The maximum atomic E-state index is 13.0. The van der Waals surface area contributed by atoms with Crippen molar-refractivity contribution in [3.8, 4) is 0 Å². The van der Waals surface area contributed by atoms with Crippen molar-refractivity contribution in [2.75, 3.05) is 20.3 Å². The number of nitrogens with zero attached hydrogens (tertiary/aromatic N) is 2. The molecule has 1 aromatic heterocycles. The summed E-state index contributed by atoms with van der Waals surface area (Å²) in [5.41, 5.74) is 1.76. The van der Waals surface area contributed by atoms with Crippen LogP contribution in [0.5, 0.6) is 0 Å². The van der Waals surface area contributed by atoms with Crippen molar-refractivity contribution in [2.24, 2.45) is 0 Å². The van der Waals surface area contributed by atoms with Crippen LogP contribution in [0.4, 0.5) is 4.79 Å². The van der Waals surface area contributed by atoms with Gasteiger partial charge in [0.25, 0.3) is 5.91 Å². The van der Waals surface area contributed by atoms with Crippen LogP contribution in [-0.4, -0.2) is 47.4 Å². The van der Waals surface area contributed by atoms with Crippen LogP contribution in [0, 0.1) is 13.8 Å². The highest BCUT2D eigenvalue weighted by Gasteiger charge is 2.49. The van der Waals surface area contributed by atoms with Gasteiger partial charge in [0.15, 0.2) is 5.78 Å². The Morgan fingerprint density at radius 3 is 2.50 bits per heavy atom. The molecule has 0 aliphatic carbocycles. The summed E-state index contributed by atoms with van der Waals surface area (Å²) in [6.45, 7) is 6.31. The van der Waals surface area contributed by atoms with E-state index in [0.29, 0.717) is 24.3 Å². The fourth-order valence-electron chi connectivity index (χ4n) is 3.65. The molecule has 0 bridgehead atoms. The number of ketones is 1. The van der Waals surface area contributed by atoms with Gasteiger partial charge in [0, 0.05) is 30.6 Å². The van der Waals surface area contributed by atoms with E-state index >= 15 is 0 Å². The van der Waals surface area contributed by atoms with E-state index in [1.807, 2.05) is 36.6 Å². The molecule has 1 aliphatic heterocycles. The zero-order chi connectivity index (χ0) is 20.5. The highest BCUT2D eigenvalue weighted by Crippen LogP contribution is 2.29. The fraction of sp³-hybridized carbons (Fsp3) is 0.381. The number of rotatable bonds is 7. The molecular formula is C21H25N3O4. The van der Waals surface area contributed by atoms with Crippen LogP contribution < -0.4 is 5.32 Å². The van der Waals surface area contributed by atoms with E-state index in [0.717, 1.165) is 16.3 Å². The first-order chi connectivity index (χ1) is 13.3. The van der Waals surface area contributed by atoms with Crippen LogP contribution in [0.15, 0.2) is 36.4 Å². The summed E-state index contributed by atoms with van der Waals surface area (Å²) in [4.78, 5) is 39.3. The molecule has 3 amide bonds. The van der Waals surface area contributed by atoms with Crippen LogP contribution in [0.2, 0.25) is 0 Å². The molecule has 1 aromatic carbocycles. The maximum absolute atomic E-state index is 13.0. The lowest BCUT2D eigenvalue weighted by Crippen LogP contribution is -2.41. The molecule has 3 rings (SSSR count). The molecule has 1 fully saturated rings. The second kappa shape index (κ2) is 7.59. The number of Topliss-reactive ketones (excluding diaryl/α,β-unsaturated/α-hetero) is 1. The molecule has 0 unspecified atom stereocenters. The molecule has 2 aromatic rings. The van der Waals surface area contributed by atoms with Gasteiger partial charge in [0.05, 0.1) is 13.2 Å². The van der Waals surface area contributed by atoms with Gasteiger partial charge in [-0.3, -0.25) is 14.5 Å². The second-order valence-electron chi connectivity index (χ2n) is 7.16. The van der Waals surface area contributed by atoms with Gasteiger partial charge in [-0.1, -0.05) is 30.3 Å². The van der Waals surface area contributed by atoms with Crippen molar-refractivity contribution in [2.45, 2.75) is 32.9 Å². The third kappa shape index (κ3) is 3.33. The van der Waals surface area contributed by atoms with Gasteiger partial charge in [0.2, 0.25) is 0 Å². The summed E-state index contributed by atoms with van der Waals surface area (Å²) >= 11 is 0. The average molecular weight is 383 g/mol. The average Bonchev–Trinajstić information content (AvgIpc) is 3.09. The molecular weight excluding hydrogens is 358 g/mol. The summed E-state index contributed by atoms with van der Waals surface area (Å²) in [6.07, 6.45) is 0. The molecule has 0 radical (unpaired) electrons. The normalized spacial score (nSPS) is 19.2. The Morgan fingerprint density at radius 1 is 1.18 bits per heavy atom. The lowest BCUT2D eigenvalue weighted by molar-refractivity contribution is -0.130. The van der Waals surface area contributed by atoms with Crippen LogP contribution in [0.25, 0.3) is 0 Å². The first-order valence-electron chi connectivity index (χ1n) is 9.18. The number of carbonyl (C=O) groups is 3. The molecule has 2 heterocycles. The van der Waals surface area contributed by atoms with Crippen LogP contribution >= 0.6 is 0 Å². The third-order valence-corrected chi connectivity index (χ3v) is 5.32. The van der Waals surface area contributed by atoms with Gasteiger partial charge < -0.3 is 14.6 Å². The molecule has 7 nitrogen and oxygen atoms in total. The molecule has 148 valence electrons. The highest BCUT2D eigenvalue weighted by atomic mass is 16.5. The Labute approximate surface area is 164 Å². The van der Waals surface area contributed by atoms with Crippen LogP contribution in [-0.2, 0) is 21.6 Å². The van der Waals surface area contributed by atoms with E-state index in [1.54, 1.807) is 32.2 Å². The van der Waals surface area contributed by atoms with Crippen molar-refractivity contribution in [1.82, 2.24) is 14.8 Å². The molecule has 0 saturated carbocycles. The number of carbonyl (C=O) groups excluding carboxylic acids is 3. The molecule has 7 heteroatoms. The van der Waals surface area contributed by atoms with E-state index in [9.17, 15) is 14.4 Å². The fourth-order valence-corrected chi connectivity index (χ4v) is 3.65. The van der Waals surface area contributed by atoms with Gasteiger partial charge in [-0.05, 0) is 32.4 Å². The number of hydrogen-bond donors (Lipinski definition) is 1. The Bertz CT molecular complexity index is 919. The molecule has 28 heavy (non-hydrogen) atoms. The third-order valence-electron chi connectivity index (χ3n) is 5.32. The van der Waals surface area contributed by atoms with Gasteiger partial charge in [-0.15, -0.1) is 0 Å². The number of amides is 3. The lowest BCUT2D eigenvalue weighted by atomic mass is 9.92. The maximum Gasteiger partial charge on any atom is 0.325 e. The van der Waals surface area contributed by atoms with Crippen molar-refractivity contribution in [3.63, 3.8) is 0 Å². The summed E-state index contributed by atoms with van der Waals surface area (Å²) in [5.74, 6) is -0.692. The molecule has 1 aliphatic rings. The summed E-state index contributed by atoms with van der Waals surface area (Å²) in [5, 5.41) is 2.73. The Morgan fingerprint density at radius 2 is 1.86 bits per heavy atom. The summed E-state index contributed by atoms with van der Waals surface area (Å²) in [7, 11) is 1.63. The van der Waals surface area contributed by atoms with Crippen molar-refractivity contribution in [1.29, 1.82) is 0 Å². The number of aromatic nitrogens is 1. The minimum absolute atomic E-state index is 0.266. The minimum Gasteiger partial charge on any atom is -0.383 e. The highest BCUT2D eigenvalue weighted by molar-refractivity contribution is 6.11. The Balaban J connectivity index is 1.82. The van der Waals surface area contributed by atoms with Gasteiger partial charge in [0.1, 0.15) is 5.54 Å². The SMILES string of the molecule is COCCn1c(C)cc(C(=O)CN2C(=O)N[C@@](C)(c3ccccc3)C2=O)c1C. The summed E-state index contributed by atoms with van der Waals surface area (Å²) < 4.78 is 7.11. The zero-order valence-electron chi connectivity index (χ0n) is 16.6. The largest absolute Gasteiger partial charge is 0.383 e. The number of ether oxygens (including phenoxy) is 1. The zero-order valence-corrected chi connectivity index (χ0v) is 16.6. The van der Waals surface area contributed by atoms with Crippen molar-refractivity contribution < 1.29 is 19.1 Å². The number of hydrogen-bond acceptors (Lipinski definition) is 4. The number of aryl methyl sites for hydroxylation is 1. The predicted octanol–water partition coefficient (Wildman–Crippen LogP) is 2.40. The smallest absolute Gasteiger partial charge is 0.325 e. The number of benzene rings is 1. The van der Waals surface area contributed by atoms with E-state index in [1.165, 1.54) is 0 Å². The van der Waals surface area contributed by atoms with E-state index in [-0.39, 0.29) is 12.3 Å². The Hall–Kier alpha value is -2.93. The van der Waals surface area contributed by atoms with Crippen LogP contribution in [0.3, 0.4) is 0 Å². The first-order valence-corrected chi connectivity index (χ1v) is 9.18. The standard InChI is InChI=1S/C21H25N3O4/c1-14-12-17(15(2)23(14)10-11-28-4)18(25)13-24-19(26)21(3,22-20(24)27)16-8-6-5-7-9-16/h5-9,12H,10-11,13H2,1-4H3,(H,22,27)/t21-/m0/s1. The van der Waals surface area contributed by atoms with E-state index in [4.69, 9.17) is 4.74 Å². The monoisotopic (exact) mass is 383 g/mol. The van der Waals surface area contributed by atoms with E-state index in [2.05, 4.69) is 5.32 Å². The van der Waals surface area contributed by atoms with Crippen molar-refractivity contribution in [3.05, 3.63) is 58.9 Å². The molecule has 1 saturated heterocycles. The minimum atomic E-state index is -1.17. The Kier molecular flexibility index (Phi) is 5.38. The summed E-state index contributed by atoms with van der Waals surface area (Å²) in [6, 6.07) is 10.3. The molecule has 1 N–H and O–H groups in total. The number of nitrogens with one attached hydrogen (secondary N) is 1. The number of imide groups is 1. The quantitative estimate of drug-likeness (QED) is 0.588. The van der Waals surface area contributed by atoms with Gasteiger partial charge in [-0.2, -0.15) is 0 Å². The molecule has 0 spiro atoms. The predicted molar refractivity (Wildman–Crippen MR) is 104 cm³/mol. The van der Waals surface area contributed by atoms with Gasteiger partial charge in [-0.25, -0.2) is 4.79 Å². The topological polar surface area (TPSA) is 80.6 Å². The number of urea groups is 1. The first kappa shape index (κ1) is 19.8. The van der Waals surface area contributed by atoms with E-state index < -0.39 is 17.5 Å². The molecule has 1 atom stereocenters. The van der Waals surface area contributed by atoms with Crippen LogP contribution in [0.1, 0.15) is 34.2 Å².